The van der Waals surface area contributed by atoms with Gasteiger partial charge in [0, 0.05) is 18.5 Å². The summed E-state index contributed by atoms with van der Waals surface area (Å²) in [6.07, 6.45) is -0.451. The highest BCUT2D eigenvalue weighted by atomic mass is 16.5. The Labute approximate surface area is 83.1 Å². The molecule has 0 spiro atoms. The molecule has 76 valence electrons. The molecule has 4 nitrogen and oxygen atoms in total. The molecule has 0 bridgehead atoms. The minimum atomic E-state index is -0.451. The van der Waals surface area contributed by atoms with E-state index in [0.29, 0.717) is 11.4 Å². The van der Waals surface area contributed by atoms with E-state index < -0.39 is 6.10 Å². The number of carbonyl (C=O) groups is 1. The van der Waals surface area contributed by atoms with Crippen molar-refractivity contribution in [1.82, 2.24) is 0 Å². The Morgan fingerprint density at radius 3 is 2.50 bits per heavy atom. The number of nitrogens with one attached hydrogen (secondary N) is 1. The second kappa shape index (κ2) is 4.62. The molecular weight excluding hydrogens is 180 g/mol. The summed E-state index contributed by atoms with van der Waals surface area (Å²) in [6.45, 7) is 1.69. The van der Waals surface area contributed by atoms with Crippen molar-refractivity contribution in [3.8, 4) is 0 Å². The number of amides is 1. The summed E-state index contributed by atoms with van der Waals surface area (Å²) >= 11 is 0. The second-order valence-electron chi connectivity index (χ2n) is 2.99. The highest BCUT2D eigenvalue weighted by Gasteiger charge is 2.10. The minimum absolute atomic E-state index is 0.169. The van der Waals surface area contributed by atoms with Crippen molar-refractivity contribution < 1.29 is 9.53 Å². The highest BCUT2D eigenvalue weighted by molar-refractivity contribution is 5.93. The molecular formula is C10H14N2O2. The van der Waals surface area contributed by atoms with E-state index in [1.165, 1.54) is 7.11 Å². The summed E-state index contributed by atoms with van der Waals surface area (Å²) in [5.41, 5.74) is 6.89. The average Bonchev–Trinajstić information content (AvgIpc) is 2.20. The fourth-order valence-corrected chi connectivity index (χ4v) is 0.917. The number of nitrogen functional groups attached to an aromatic ring is 1. The first-order chi connectivity index (χ1) is 6.63. The van der Waals surface area contributed by atoms with Gasteiger partial charge in [0.15, 0.2) is 0 Å². The monoisotopic (exact) mass is 194 g/mol. The summed E-state index contributed by atoms with van der Waals surface area (Å²) < 4.78 is 4.87. The molecule has 1 amide bonds. The molecule has 1 rings (SSSR count). The lowest BCUT2D eigenvalue weighted by molar-refractivity contribution is -0.124. The standard InChI is InChI=1S/C10H14N2O2/c1-7(14-2)10(13)12-9-5-3-8(11)4-6-9/h3-7H,11H2,1-2H3,(H,12,13). The van der Waals surface area contributed by atoms with Gasteiger partial charge in [0.1, 0.15) is 6.10 Å². The lowest BCUT2D eigenvalue weighted by atomic mass is 10.2. The van der Waals surface area contributed by atoms with Gasteiger partial charge in [-0.25, -0.2) is 0 Å². The van der Waals surface area contributed by atoms with Crippen LogP contribution in [0.3, 0.4) is 0 Å². The Morgan fingerprint density at radius 2 is 2.00 bits per heavy atom. The molecule has 1 unspecified atom stereocenters. The zero-order valence-electron chi connectivity index (χ0n) is 8.28. The molecule has 1 aromatic rings. The van der Waals surface area contributed by atoms with Gasteiger partial charge in [-0.3, -0.25) is 4.79 Å². The third kappa shape index (κ3) is 2.74. The van der Waals surface area contributed by atoms with Crippen LogP contribution in [0.15, 0.2) is 24.3 Å². The predicted molar refractivity (Wildman–Crippen MR) is 56.0 cm³/mol. The van der Waals surface area contributed by atoms with Gasteiger partial charge in [-0.15, -0.1) is 0 Å². The van der Waals surface area contributed by atoms with Crippen LogP contribution in [0.25, 0.3) is 0 Å². The second-order valence-corrected chi connectivity index (χ2v) is 2.99. The van der Waals surface area contributed by atoms with Crippen LogP contribution >= 0.6 is 0 Å². The first-order valence-electron chi connectivity index (χ1n) is 4.32. The first-order valence-corrected chi connectivity index (χ1v) is 4.32. The Balaban J connectivity index is 2.60. The zero-order valence-corrected chi connectivity index (χ0v) is 8.28. The fraction of sp³-hybridized carbons (Fsp3) is 0.300. The van der Waals surface area contributed by atoms with E-state index in [-0.39, 0.29) is 5.91 Å². The summed E-state index contributed by atoms with van der Waals surface area (Å²) in [6, 6.07) is 6.95. The smallest absolute Gasteiger partial charge is 0.253 e. The first kappa shape index (κ1) is 10.5. The van der Waals surface area contributed by atoms with E-state index in [4.69, 9.17) is 10.5 Å². The molecule has 0 aromatic heterocycles. The molecule has 0 aliphatic carbocycles. The molecule has 0 aliphatic rings. The lowest BCUT2D eigenvalue weighted by Crippen LogP contribution is -2.26. The van der Waals surface area contributed by atoms with Crippen molar-refractivity contribution in [1.29, 1.82) is 0 Å². The molecule has 1 aromatic carbocycles. The highest BCUT2D eigenvalue weighted by Crippen LogP contribution is 2.10. The van der Waals surface area contributed by atoms with E-state index in [1.807, 2.05) is 0 Å². The topological polar surface area (TPSA) is 64.3 Å². The van der Waals surface area contributed by atoms with Crippen LogP contribution in [-0.4, -0.2) is 19.1 Å². The number of benzene rings is 1. The van der Waals surface area contributed by atoms with Crippen molar-refractivity contribution in [2.24, 2.45) is 0 Å². The summed E-state index contributed by atoms with van der Waals surface area (Å²) in [5.74, 6) is -0.169. The maximum atomic E-state index is 11.4. The molecule has 4 heteroatoms. The minimum Gasteiger partial charge on any atom is -0.399 e. The van der Waals surface area contributed by atoms with Crippen LogP contribution in [0.5, 0.6) is 0 Å². The van der Waals surface area contributed by atoms with Crippen molar-refractivity contribution >= 4 is 17.3 Å². The van der Waals surface area contributed by atoms with Crippen LogP contribution in [0, 0.1) is 0 Å². The molecule has 0 heterocycles. The van der Waals surface area contributed by atoms with E-state index in [0.717, 1.165) is 0 Å². The quantitative estimate of drug-likeness (QED) is 0.711. The fourth-order valence-electron chi connectivity index (χ4n) is 0.917. The number of hydrogen-bond donors (Lipinski definition) is 2. The van der Waals surface area contributed by atoms with Gasteiger partial charge in [-0.05, 0) is 31.2 Å². The van der Waals surface area contributed by atoms with Crippen molar-refractivity contribution in [2.75, 3.05) is 18.2 Å². The summed E-state index contributed by atoms with van der Waals surface area (Å²) in [4.78, 5) is 11.4. The molecule has 0 aliphatic heterocycles. The zero-order chi connectivity index (χ0) is 10.6. The lowest BCUT2D eigenvalue weighted by Gasteiger charge is -2.10. The van der Waals surface area contributed by atoms with Crippen LogP contribution in [0.2, 0.25) is 0 Å². The summed E-state index contributed by atoms with van der Waals surface area (Å²) in [5, 5.41) is 2.70. The van der Waals surface area contributed by atoms with Gasteiger partial charge in [0.2, 0.25) is 0 Å². The SMILES string of the molecule is COC(C)C(=O)Nc1ccc(N)cc1. The largest absolute Gasteiger partial charge is 0.399 e. The molecule has 0 saturated carbocycles. The average molecular weight is 194 g/mol. The molecule has 0 saturated heterocycles. The van der Waals surface area contributed by atoms with Gasteiger partial charge in [0.05, 0.1) is 0 Å². The number of carbonyl (C=O) groups excluding carboxylic acids is 1. The van der Waals surface area contributed by atoms with Gasteiger partial charge >= 0.3 is 0 Å². The number of nitrogens with two attached hydrogens (primary N) is 1. The van der Waals surface area contributed by atoms with E-state index in [1.54, 1.807) is 31.2 Å². The molecule has 14 heavy (non-hydrogen) atoms. The van der Waals surface area contributed by atoms with Gasteiger partial charge in [0.25, 0.3) is 5.91 Å². The van der Waals surface area contributed by atoms with Gasteiger partial charge in [-0.1, -0.05) is 0 Å². The number of hydrogen-bond acceptors (Lipinski definition) is 3. The van der Waals surface area contributed by atoms with Gasteiger partial charge < -0.3 is 15.8 Å². The van der Waals surface area contributed by atoms with Crippen LogP contribution < -0.4 is 11.1 Å². The molecule has 1 atom stereocenters. The van der Waals surface area contributed by atoms with Crippen molar-refractivity contribution in [3.63, 3.8) is 0 Å². The molecule has 0 radical (unpaired) electrons. The number of methoxy groups -OCH3 is 1. The normalized spacial score (nSPS) is 12.1. The number of ether oxygens (including phenoxy) is 1. The Bertz CT molecular complexity index is 308. The third-order valence-corrected chi connectivity index (χ3v) is 1.90. The van der Waals surface area contributed by atoms with Gasteiger partial charge in [-0.2, -0.15) is 0 Å². The molecule has 3 N–H and O–H groups in total. The van der Waals surface area contributed by atoms with Crippen molar-refractivity contribution in [2.45, 2.75) is 13.0 Å². The number of rotatable bonds is 3. The predicted octanol–water partition coefficient (Wildman–Crippen LogP) is 1.24. The van der Waals surface area contributed by atoms with Crippen LogP contribution in [-0.2, 0) is 9.53 Å². The van der Waals surface area contributed by atoms with E-state index >= 15 is 0 Å². The Kier molecular flexibility index (Phi) is 3.48. The Morgan fingerprint density at radius 1 is 1.43 bits per heavy atom. The molecule has 0 fully saturated rings. The Hall–Kier alpha value is -1.55. The van der Waals surface area contributed by atoms with Crippen molar-refractivity contribution in [3.05, 3.63) is 24.3 Å². The summed E-state index contributed by atoms with van der Waals surface area (Å²) in [7, 11) is 1.49. The van der Waals surface area contributed by atoms with Crippen LogP contribution in [0.1, 0.15) is 6.92 Å². The van der Waals surface area contributed by atoms with E-state index in [2.05, 4.69) is 5.32 Å². The van der Waals surface area contributed by atoms with Crippen LogP contribution in [0.4, 0.5) is 11.4 Å². The maximum absolute atomic E-state index is 11.4. The number of anilines is 2. The maximum Gasteiger partial charge on any atom is 0.253 e. The van der Waals surface area contributed by atoms with E-state index in [9.17, 15) is 4.79 Å². The third-order valence-electron chi connectivity index (χ3n) is 1.90.